The molecule has 1 atom stereocenters. The van der Waals surface area contributed by atoms with Crippen LogP contribution in [0.4, 0.5) is 0 Å². The van der Waals surface area contributed by atoms with Gasteiger partial charge in [-0.1, -0.05) is 38.0 Å². The molecule has 1 aliphatic rings. The van der Waals surface area contributed by atoms with E-state index in [9.17, 15) is 4.79 Å². The summed E-state index contributed by atoms with van der Waals surface area (Å²) >= 11 is 0. The van der Waals surface area contributed by atoms with Crippen LogP contribution in [0.15, 0.2) is 24.3 Å². The zero-order valence-electron chi connectivity index (χ0n) is 15.7. The molecule has 1 aromatic heterocycles. The molecule has 5 nitrogen and oxygen atoms in total. The van der Waals surface area contributed by atoms with E-state index in [1.54, 1.807) is 0 Å². The van der Waals surface area contributed by atoms with Crippen molar-refractivity contribution in [1.29, 1.82) is 0 Å². The number of aromatic nitrogens is 2. The Balaban J connectivity index is 1.82. The topological polar surface area (TPSA) is 52.2 Å². The fourth-order valence-electron chi connectivity index (χ4n) is 3.81. The first-order chi connectivity index (χ1) is 12.6. The van der Waals surface area contributed by atoms with Crippen molar-refractivity contribution in [3.8, 4) is 23.6 Å². The predicted molar refractivity (Wildman–Crippen MR) is 104 cm³/mol. The van der Waals surface area contributed by atoms with Crippen LogP contribution in [-0.4, -0.2) is 58.1 Å². The summed E-state index contributed by atoms with van der Waals surface area (Å²) < 4.78 is 0. The lowest BCUT2D eigenvalue weighted by Gasteiger charge is -2.26. The molecule has 1 amide bonds. The average molecular weight is 350 g/mol. The number of hydrogen-bond acceptors (Lipinski definition) is 3. The third-order valence-corrected chi connectivity index (χ3v) is 5.34. The number of H-pyrrole nitrogens is 1. The second-order valence-corrected chi connectivity index (χ2v) is 6.68. The monoisotopic (exact) mass is 350 g/mol. The molecule has 1 aromatic carbocycles. The molecule has 0 radical (unpaired) electrons. The van der Waals surface area contributed by atoms with E-state index in [4.69, 9.17) is 6.42 Å². The van der Waals surface area contributed by atoms with Gasteiger partial charge in [0, 0.05) is 35.8 Å². The molecule has 1 N–H and O–H groups in total. The number of terminal acetylenes is 1. The minimum atomic E-state index is 0.0223. The van der Waals surface area contributed by atoms with Crippen LogP contribution in [0, 0.1) is 19.3 Å². The average Bonchev–Trinajstić information content (AvgIpc) is 3.29. The van der Waals surface area contributed by atoms with E-state index in [-0.39, 0.29) is 5.91 Å². The zero-order chi connectivity index (χ0) is 18.7. The van der Waals surface area contributed by atoms with Gasteiger partial charge in [0.25, 0.3) is 5.91 Å². The Kier molecular flexibility index (Phi) is 5.43. The van der Waals surface area contributed by atoms with E-state index in [2.05, 4.69) is 34.9 Å². The molecular formula is C21H26N4O. The molecule has 26 heavy (non-hydrogen) atoms. The summed E-state index contributed by atoms with van der Waals surface area (Å²) in [5, 5.41) is 7.34. The van der Waals surface area contributed by atoms with Crippen molar-refractivity contribution in [2.75, 3.05) is 26.2 Å². The van der Waals surface area contributed by atoms with Crippen molar-refractivity contribution in [3.63, 3.8) is 0 Å². The van der Waals surface area contributed by atoms with Gasteiger partial charge in [0.1, 0.15) is 5.69 Å². The fraction of sp³-hybridized carbons (Fsp3) is 0.429. The maximum Gasteiger partial charge on any atom is 0.272 e. The van der Waals surface area contributed by atoms with E-state index in [1.165, 1.54) is 0 Å². The van der Waals surface area contributed by atoms with Gasteiger partial charge in [-0.25, -0.2) is 0 Å². The molecule has 3 rings (SSSR count). The highest BCUT2D eigenvalue weighted by Crippen LogP contribution is 2.27. The van der Waals surface area contributed by atoms with Gasteiger partial charge in [0.05, 0.1) is 5.69 Å². The molecule has 1 aliphatic heterocycles. The Hall–Kier alpha value is -2.58. The molecule has 1 saturated heterocycles. The summed E-state index contributed by atoms with van der Waals surface area (Å²) in [5.41, 5.74) is 3.83. The molecule has 0 bridgehead atoms. The summed E-state index contributed by atoms with van der Waals surface area (Å²) in [4.78, 5) is 17.4. The third kappa shape index (κ3) is 3.25. The van der Waals surface area contributed by atoms with E-state index in [0.717, 1.165) is 55.0 Å². The summed E-state index contributed by atoms with van der Waals surface area (Å²) in [6, 6.07) is 8.11. The van der Waals surface area contributed by atoms with Gasteiger partial charge in [0.2, 0.25) is 0 Å². The van der Waals surface area contributed by atoms with Crippen LogP contribution in [-0.2, 0) is 0 Å². The summed E-state index contributed by atoms with van der Waals surface area (Å²) in [6.07, 6.45) is 6.63. The summed E-state index contributed by atoms with van der Waals surface area (Å²) in [5.74, 6) is 2.71. The Morgan fingerprint density at radius 2 is 2.12 bits per heavy atom. The SMILES string of the molecule is C#Cc1ccccc1-c1n[nH]c(C(=O)N2CCC(N(CC)CC)C2)c1C. The number of hydrogen-bond donors (Lipinski definition) is 1. The molecule has 2 aromatic rings. The highest BCUT2D eigenvalue weighted by atomic mass is 16.2. The van der Waals surface area contributed by atoms with Gasteiger partial charge in [-0.2, -0.15) is 5.10 Å². The largest absolute Gasteiger partial charge is 0.336 e. The number of nitrogens with zero attached hydrogens (tertiary/aromatic N) is 3. The number of carbonyl (C=O) groups is 1. The second kappa shape index (κ2) is 7.76. The number of likely N-dealkylation sites (N-methyl/N-ethyl adjacent to an activating group) is 1. The van der Waals surface area contributed by atoms with Crippen molar-refractivity contribution in [2.24, 2.45) is 0 Å². The number of aromatic amines is 1. The van der Waals surface area contributed by atoms with Crippen LogP contribution in [0.5, 0.6) is 0 Å². The van der Waals surface area contributed by atoms with Crippen molar-refractivity contribution in [2.45, 2.75) is 33.2 Å². The Bertz CT molecular complexity index is 829. The van der Waals surface area contributed by atoms with Gasteiger partial charge in [-0.05, 0) is 32.5 Å². The molecule has 1 unspecified atom stereocenters. The zero-order valence-corrected chi connectivity index (χ0v) is 15.7. The van der Waals surface area contributed by atoms with E-state index in [0.29, 0.717) is 11.7 Å². The fourth-order valence-corrected chi connectivity index (χ4v) is 3.81. The van der Waals surface area contributed by atoms with Crippen LogP contribution >= 0.6 is 0 Å². The van der Waals surface area contributed by atoms with Gasteiger partial charge in [-0.3, -0.25) is 14.8 Å². The minimum Gasteiger partial charge on any atom is -0.336 e. The predicted octanol–water partition coefficient (Wildman–Crippen LogP) is 2.92. The Morgan fingerprint density at radius 3 is 2.81 bits per heavy atom. The van der Waals surface area contributed by atoms with Crippen molar-refractivity contribution >= 4 is 5.91 Å². The van der Waals surface area contributed by atoms with Gasteiger partial charge < -0.3 is 4.90 Å². The van der Waals surface area contributed by atoms with Gasteiger partial charge in [-0.15, -0.1) is 6.42 Å². The summed E-state index contributed by atoms with van der Waals surface area (Å²) in [6.45, 7) is 9.85. The maximum atomic E-state index is 13.0. The Morgan fingerprint density at radius 1 is 1.38 bits per heavy atom. The molecule has 5 heteroatoms. The number of nitrogens with one attached hydrogen (secondary N) is 1. The lowest BCUT2D eigenvalue weighted by atomic mass is 10.0. The third-order valence-electron chi connectivity index (χ3n) is 5.34. The molecule has 0 spiro atoms. The highest BCUT2D eigenvalue weighted by molar-refractivity contribution is 5.95. The lowest BCUT2D eigenvalue weighted by Crippen LogP contribution is -2.38. The number of amides is 1. The molecule has 136 valence electrons. The summed E-state index contributed by atoms with van der Waals surface area (Å²) in [7, 11) is 0. The quantitative estimate of drug-likeness (QED) is 0.844. The lowest BCUT2D eigenvalue weighted by molar-refractivity contribution is 0.0771. The van der Waals surface area contributed by atoms with Crippen molar-refractivity contribution in [3.05, 3.63) is 41.1 Å². The first kappa shape index (κ1) is 18.2. The number of carbonyl (C=O) groups excluding carboxylic acids is 1. The minimum absolute atomic E-state index is 0.0223. The van der Waals surface area contributed by atoms with E-state index in [1.807, 2.05) is 36.1 Å². The van der Waals surface area contributed by atoms with Crippen LogP contribution in [0.2, 0.25) is 0 Å². The standard InChI is InChI=1S/C21H26N4O/c1-5-16-10-8-9-11-18(16)19-15(4)20(23-22-19)21(26)25-13-12-17(14-25)24(6-2)7-3/h1,8-11,17H,6-7,12-14H2,2-4H3,(H,22,23). The van der Waals surface area contributed by atoms with Gasteiger partial charge >= 0.3 is 0 Å². The number of rotatable bonds is 5. The van der Waals surface area contributed by atoms with Crippen molar-refractivity contribution in [1.82, 2.24) is 20.0 Å². The van der Waals surface area contributed by atoms with Crippen LogP contribution < -0.4 is 0 Å². The van der Waals surface area contributed by atoms with Crippen LogP contribution in [0.25, 0.3) is 11.3 Å². The number of benzene rings is 1. The molecule has 0 saturated carbocycles. The van der Waals surface area contributed by atoms with E-state index < -0.39 is 0 Å². The highest BCUT2D eigenvalue weighted by Gasteiger charge is 2.31. The maximum absolute atomic E-state index is 13.0. The molecule has 2 heterocycles. The van der Waals surface area contributed by atoms with Crippen LogP contribution in [0.1, 0.15) is 41.9 Å². The van der Waals surface area contributed by atoms with Crippen LogP contribution in [0.3, 0.4) is 0 Å². The van der Waals surface area contributed by atoms with Crippen molar-refractivity contribution < 1.29 is 4.79 Å². The first-order valence-corrected chi connectivity index (χ1v) is 9.24. The Labute approximate surface area is 155 Å². The smallest absolute Gasteiger partial charge is 0.272 e. The molecular weight excluding hydrogens is 324 g/mol. The first-order valence-electron chi connectivity index (χ1n) is 9.24. The normalized spacial score (nSPS) is 16.9. The van der Waals surface area contributed by atoms with Gasteiger partial charge in [0.15, 0.2) is 0 Å². The molecule has 0 aliphatic carbocycles. The molecule has 1 fully saturated rings. The van der Waals surface area contributed by atoms with E-state index >= 15 is 0 Å². The number of likely N-dealkylation sites (tertiary alicyclic amines) is 1. The second-order valence-electron chi connectivity index (χ2n) is 6.68.